The average molecular weight is 278 g/mol. The number of hydrogen-bond donors (Lipinski definition) is 3. The molecule has 0 aromatic carbocycles. The Hall–Kier alpha value is -1.91. The van der Waals surface area contributed by atoms with E-state index in [0.29, 0.717) is 0 Å². The van der Waals surface area contributed by atoms with E-state index in [1.165, 1.54) is 6.92 Å². The maximum atomic E-state index is 11.6. The highest BCUT2D eigenvalue weighted by Crippen LogP contribution is 2.19. The van der Waals surface area contributed by atoms with Crippen molar-refractivity contribution in [3.05, 3.63) is 17.6 Å². The standard InChI is InChI=1S/C8H10N2O7S/c1-4-6(2-5(17-4)8(12)13)18(14,15)10-16-3-7(9)11/h2,10H,3H2,1H3,(H2,9,11)(H,12,13). The van der Waals surface area contributed by atoms with Crippen molar-refractivity contribution in [2.45, 2.75) is 11.8 Å². The number of carboxylic acids is 1. The van der Waals surface area contributed by atoms with Crippen LogP contribution < -0.4 is 10.6 Å². The number of aryl methyl sites for hydroxylation is 1. The summed E-state index contributed by atoms with van der Waals surface area (Å²) >= 11 is 0. The molecule has 0 spiro atoms. The van der Waals surface area contributed by atoms with Crippen LogP contribution in [0.1, 0.15) is 16.3 Å². The number of amides is 1. The number of aromatic carboxylic acids is 1. The van der Waals surface area contributed by atoms with Gasteiger partial charge >= 0.3 is 5.97 Å². The van der Waals surface area contributed by atoms with Gasteiger partial charge in [0.2, 0.25) is 11.7 Å². The van der Waals surface area contributed by atoms with Gasteiger partial charge in [0.05, 0.1) is 0 Å². The summed E-state index contributed by atoms with van der Waals surface area (Å²) in [5.74, 6) is -2.92. The molecular formula is C8H10N2O7S. The minimum Gasteiger partial charge on any atom is -0.475 e. The van der Waals surface area contributed by atoms with Gasteiger partial charge in [-0.25, -0.2) is 13.2 Å². The highest BCUT2D eigenvalue weighted by Gasteiger charge is 2.24. The molecule has 0 fully saturated rings. The van der Waals surface area contributed by atoms with E-state index in [-0.39, 0.29) is 5.76 Å². The second-order valence-corrected chi connectivity index (χ2v) is 4.79. The van der Waals surface area contributed by atoms with Gasteiger partial charge < -0.3 is 15.3 Å². The number of sulfonamides is 1. The number of rotatable bonds is 6. The van der Waals surface area contributed by atoms with Crippen molar-refractivity contribution in [2.75, 3.05) is 6.61 Å². The molecule has 0 aliphatic rings. The Kier molecular flexibility index (Phi) is 4.06. The van der Waals surface area contributed by atoms with Crippen LogP contribution in [0, 0.1) is 6.92 Å². The quantitative estimate of drug-likeness (QED) is 0.564. The molecule has 0 atom stereocenters. The number of primary amides is 1. The molecule has 10 heteroatoms. The summed E-state index contributed by atoms with van der Waals surface area (Å²) < 4.78 is 28.0. The van der Waals surface area contributed by atoms with Gasteiger partial charge in [0.25, 0.3) is 10.0 Å². The third kappa shape index (κ3) is 3.29. The predicted octanol–water partition coefficient (Wildman–Crippen LogP) is -1.02. The average Bonchev–Trinajstić information content (AvgIpc) is 2.60. The van der Waals surface area contributed by atoms with Crippen LogP contribution in [0.15, 0.2) is 15.4 Å². The number of carboxylic acid groups (broad SMARTS) is 1. The summed E-state index contributed by atoms with van der Waals surface area (Å²) in [7, 11) is -4.14. The lowest BCUT2D eigenvalue weighted by Crippen LogP contribution is -2.29. The Morgan fingerprint density at radius 2 is 2.17 bits per heavy atom. The molecule has 100 valence electrons. The summed E-state index contributed by atoms with van der Waals surface area (Å²) in [6.45, 7) is 0.622. The zero-order valence-electron chi connectivity index (χ0n) is 9.17. The van der Waals surface area contributed by atoms with Crippen molar-refractivity contribution in [3.63, 3.8) is 0 Å². The summed E-state index contributed by atoms with van der Waals surface area (Å²) in [4.78, 5) is 26.5. The van der Waals surface area contributed by atoms with Gasteiger partial charge in [0.1, 0.15) is 17.3 Å². The highest BCUT2D eigenvalue weighted by molar-refractivity contribution is 7.89. The van der Waals surface area contributed by atoms with Crippen LogP contribution in [-0.4, -0.2) is 32.0 Å². The van der Waals surface area contributed by atoms with Gasteiger partial charge in [-0.1, -0.05) is 4.89 Å². The van der Waals surface area contributed by atoms with Crippen LogP contribution >= 0.6 is 0 Å². The Labute approximate surface area is 102 Å². The van der Waals surface area contributed by atoms with E-state index in [1.54, 1.807) is 4.89 Å². The molecule has 0 radical (unpaired) electrons. The van der Waals surface area contributed by atoms with Crippen molar-refractivity contribution in [2.24, 2.45) is 5.73 Å². The number of furan rings is 1. The number of nitrogens with two attached hydrogens (primary N) is 1. The van der Waals surface area contributed by atoms with E-state index in [9.17, 15) is 18.0 Å². The molecule has 1 amide bonds. The number of carbonyl (C=O) groups excluding carboxylic acids is 1. The molecule has 0 saturated carbocycles. The first-order valence-corrected chi connectivity index (χ1v) is 5.98. The Morgan fingerprint density at radius 1 is 1.56 bits per heavy atom. The molecule has 0 unspecified atom stereocenters. The van der Waals surface area contributed by atoms with Gasteiger partial charge in [-0.05, 0) is 6.92 Å². The molecule has 0 aliphatic heterocycles. The molecule has 1 rings (SSSR count). The predicted molar refractivity (Wildman–Crippen MR) is 55.9 cm³/mol. The van der Waals surface area contributed by atoms with Crippen LogP contribution in [0.4, 0.5) is 0 Å². The van der Waals surface area contributed by atoms with Gasteiger partial charge in [-0.2, -0.15) is 0 Å². The minimum atomic E-state index is -4.14. The third-order valence-electron chi connectivity index (χ3n) is 1.76. The van der Waals surface area contributed by atoms with Crippen LogP contribution in [0.2, 0.25) is 0 Å². The lowest BCUT2D eigenvalue weighted by atomic mass is 10.4. The summed E-state index contributed by atoms with van der Waals surface area (Å²) in [6.07, 6.45) is 0. The Bertz CT molecular complexity index is 574. The summed E-state index contributed by atoms with van der Waals surface area (Å²) in [6, 6.07) is 0.827. The Morgan fingerprint density at radius 3 is 2.61 bits per heavy atom. The molecule has 1 aromatic rings. The normalized spacial score (nSPS) is 11.4. The van der Waals surface area contributed by atoms with Crippen LogP contribution in [0.25, 0.3) is 0 Å². The molecule has 18 heavy (non-hydrogen) atoms. The van der Waals surface area contributed by atoms with Crippen molar-refractivity contribution in [3.8, 4) is 0 Å². The molecule has 4 N–H and O–H groups in total. The fourth-order valence-corrected chi connectivity index (χ4v) is 2.05. The molecule has 1 aromatic heterocycles. The van der Waals surface area contributed by atoms with E-state index < -0.39 is 39.2 Å². The molecular weight excluding hydrogens is 268 g/mol. The number of carbonyl (C=O) groups is 2. The van der Waals surface area contributed by atoms with Crippen molar-refractivity contribution < 1.29 is 32.4 Å². The first-order valence-electron chi connectivity index (χ1n) is 4.49. The molecule has 0 aliphatic carbocycles. The topological polar surface area (TPSA) is 149 Å². The second-order valence-electron chi connectivity index (χ2n) is 3.18. The summed E-state index contributed by atoms with van der Waals surface area (Å²) in [5, 5.41) is 8.64. The van der Waals surface area contributed by atoms with Crippen molar-refractivity contribution >= 4 is 21.9 Å². The fraction of sp³-hybridized carbons (Fsp3) is 0.250. The fourth-order valence-electron chi connectivity index (χ4n) is 1.06. The van der Waals surface area contributed by atoms with Crippen LogP contribution in [0.3, 0.4) is 0 Å². The highest BCUT2D eigenvalue weighted by atomic mass is 32.2. The van der Waals surface area contributed by atoms with Crippen molar-refractivity contribution in [1.29, 1.82) is 0 Å². The second kappa shape index (κ2) is 5.16. The SMILES string of the molecule is Cc1oc(C(=O)O)cc1S(=O)(=O)NOCC(N)=O. The van der Waals surface area contributed by atoms with Gasteiger partial charge in [0, 0.05) is 6.07 Å². The first-order chi connectivity index (χ1) is 8.24. The van der Waals surface area contributed by atoms with Gasteiger partial charge in [-0.3, -0.25) is 9.63 Å². The molecule has 0 bridgehead atoms. The maximum absolute atomic E-state index is 11.6. The van der Waals surface area contributed by atoms with Gasteiger partial charge in [-0.15, -0.1) is 0 Å². The minimum absolute atomic E-state index is 0.123. The van der Waals surface area contributed by atoms with Crippen molar-refractivity contribution in [1.82, 2.24) is 4.89 Å². The van der Waals surface area contributed by atoms with E-state index >= 15 is 0 Å². The number of hydrogen-bond acceptors (Lipinski definition) is 6. The lowest BCUT2D eigenvalue weighted by molar-refractivity contribution is -0.123. The first kappa shape index (κ1) is 14.2. The molecule has 9 nitrogen and oxygen atoms in total. The zero-order valence-corrected chi connectivity index (χ0v) is 9.98. The summed E-state index contributed by atoms with van der Waals surface area (Å²) in [5.41, 5.74) is 4.74. The van der Waals surface area contributed by atoms with E-state index in [0.717, 1.165) is 6.07 Å². The van der Waals surface area contributed by atoms with E-state index in [2.05, 4.69) is 4.84 Å². The maximum Gasteiger partial charge on any atom is 0.371 e. The largest absolute Gasteiger partial charge is 0.475 e. The van der Waals surface area contributed by atoms with E-state index in [1.807, 2.05) is 0 Å². The van der Waals surface area contributed by atoms with Crippen LogP contribution in [0.5, 0.6) is 0 Å². The monoisotopic (exact) mass is 278 g/mol. The molecule has 0 saturated heterocycles. The smallest absolute Gasteiger partial charge is 0.371 e. The lowest BCUT2D eigenvalue weighted by Gasteiger charge is -2.03. The van der Waals surface area contributed by atoms with Crippen LogP contribution in [-0.2, 0) is 19.7 Å². The van der Waals surface area contributed by atoms with Gasteiger partial charge in [0.15, 0.2) is 0 Å². The third-order valence-corrected chi connectivity index (χ3v) is 3.08. The van der Waals surface area contributed by atoms with E-state index in [4.69, 9.17) is 15.3 Å². The molecule has 1 heterocycles. The number of nitrogens with one attached hydrogen (secondary N) is 1. The Balaban J connectivity index is 2.91. The zero-order chi connectivity index (χ0) is 13.9.